The van der Waals surface area contributed by atoms with Crippen molar-refractivity contribution in [2.45, 2.75) is 67.7 Å². The summed E-state index contributed by atoms with van der Waals surface area (Å²) < 4.78 is 15.0. The first-order chi connectivity index (χ1) is 17.6. The maximum atomic E-state index is 15.0. The highest BCUT2D eigenvalue weighted by Crippen LogP contribution is 2.60. The van der Waals surface area contributed by atoms with Crippen molar-refractivity contribution in [3.63, 3.8) is 0 Å². The quantitative estimate of drug-likeness (QED) is 0.182. The summed E-state index contributed by atoms with van der Waals surface area (Å²) in [6.45, 7) is 3.73. The number of hydrogen-bond acceptors (Lipinski definition) is 2. The molecule has 1 heterocycles. The fourth-order valence-corrected chi connectivity index (χ4v) is 7.58. The highest BCUT2D eigenvalue weighted by atomic mass is 35.5. The SMILES string of the molecule is CCCC(c1ccc(Cl)c(Cl)c1)C1(Cl)CC(Cl)(N2CCCCC2)C=CC1(Cc1ccccc1F)C(N)=O.Cl. The molecule has 0 bridgehead atoms. The molecule has 2 aromatic carbocycles. The van der Waals surface area contributed by atoms with Crippen LogP contribution in [0.3, 0.4) is 0 Å². The molecule has 4 unspecified atom stereocenters. The summed E-state index contributed by atoms with van der Waals surface area (Å²) in [6, 6.07) is 11.9. The first-order valence-corrected chi connectivity index (χ1v) is 14.4. The summed E-state index contributed by atoms with van der Waals surface area (Å²) in [5, 5.41) is 0.833. The molecule has 208 valence electrons. The van der Waals surface area contributed by atoms with Crippen molar-refractivity contribution in [3.8, 4) is 0 Å². The van der Waals surface area contributed by atoms with Crippen LogP contribution in [0.2, 0.25) is 10.0 Å². The van der Waals surface area contributed by atoms with Gasteiger partial charge in [-0.25, -0.2) is 4.39 Å². The fraction of sp³-hybridized carbons (Fsp3) is 0.483. The van der Waals surface area contributed by atoms with Crippen LogP contribution in [0.1, 0.15) is 62.5 Å². The van der Waals surface area contributed by atoms with Crippen LogP contribution in [0.5, 0.6) is 0 Å². The first-order valence-electron chi connectivity index (χ1n) is 12.9. The second-order valence-corrected chi connectivity index (χ2v) is 12.5. The second kappa shape index (κ2) is 12.7. The molecule has 1 aliphatic heterocycles. The topological polar surface area (TPSA) is 46.3 Å². The van der Waals surface area contributed by atoms with Gasteiger partial charge in [-0.2, -0.15) is 0 Å². The summed E-state index contributed by atoms with van der Waals surface area (Å²) in [6.07, 6.45) is 8.57. The Balaban J connectivity index is 0.00000400. The standard InChI is InChI=1S/C29H33Cl4FN2O.ClH/c1-2-8-22(20-11-12-23(30)24(31)17-20)29(33)19-28(32,36-15-6-3-7-16-36)14-13-27(29,26(35)37)18-21-9-4-5-10-25(21)34;/h4-5,9-14,17,22H,2-3,6-8,15-16,18-19H2,1H3,(H2,35,37);1H. The highest BCUT2D eigenvalue weighted by molar-refractivity contribution is 6.42. The zero-order valence-electron chi connectivity index (χ0n) is 21.4. The predicted molar refractivity (Wildman–Crippen MR) is 159 cm³/mol. The van der Waals surface area contributed by atoms with Crippen LogP contribution < -0.4 is 5.73 Å². The zero-order chi connectivity index (χ0) is 26.8. The third-order valence-electron chi connectivity index (χ3n) is 8.09. The molecule has 1 amide bonds. The average molecular weight is 623 g/mol. The van der Waals surface area contributed by atoms with E-state index in [0.29, 0.717) is 22.0 Å². The Labute approximate surface area is 251 Å². The normalized spacial score (nSPS) is 28.5. The van der Waals surface area contributed by atoms with Crippen LogP contribution >= 0.6 is 58.8 Å². The third kappa shape index (κ3) is 5.87. The van der Waals surface area contributed by atoms with Crippen molar-refractivity contribution < 1.29 is 9.18 Å². The molecule has 4 atom stereocenters. The van der Waals surface area contributed by atoms with Gasteiger partial charge in [0.05, 0.1) is 20.3 Å². The number of carbonyl (C=O) groups excluding carboxylic acids is 1. The largest absolute Gasteiger partial charge is 0.369 e. The number of alkyl halides is 2. The maximum absolute atomic E-state index is 15.0. The van der Waals surface area contributed by atoms with Gasteiger partial charge in [0, 0.05) is 25.4 Å². The smallest absolute Gasteiger partial charge is 0.229 e. The van der Waals surface area contributed by atoms with Crippen LogP contribution in [0.25, 0.3) is 0 Å². The Morgan fingerprint density at radius 3 is 2.34 bits per heavy atom. The molecule has 1 saturated heterocycles. The van der Waals surface area contributed by atoms with Gasteiger partial charge in [-0.15, -0.1) is 24.0 Å². The van der Waals surface area contributed by atoms with E-state index in [1.54, 1.807) is 36.4 Å². The van der Waals surface area contributed by atoms with Gasteiger partial charge in [0.1, 0.15) is 10.8 Å². The molecule has 1 aliphatic carbocycles. The minimum Gasteiger partial charge on any atom is -0.369 e. The number of amides is 1. The lowest BCUT2D eigenvalue weighted by molar-refractivity contribution is -0.128. The van der Waals surface area contributed by atoms with E-state index in [9.17, 15) is 9.18 Å². The number of likely N-dealkylation sites (tertiary alicyclic amines) is 1. The molecular weight excluding hydrogens is 589 g/mol. The van der Waals surface area contributed by atoms with Gasteiger partial charge in [0.25, 0.3) is 0 Å². The Morgan fingerprint density at radius 1 is 1.05 bits per heavy atom. The number of piperidine rings is 1. The number of nitrogens with zero attached hydrogens (tertiary/aromatic N) is 1. The summed E-state index contributed by atoms with van der Waals surface area (Å²) in [4.78, 5) is 13.6. The lowest BCUT2D eigenvalue weighted by Crippen LogP contribution is -2.63. The summed E-state index contributed by atoms with van der Waals surface area (Å²) in [5.74, 6) is -1.38. The molecule has 4 rings (SSSR count). The van der Waals surface area contributed by atoms with Crippen molar-refractivity contribution in [1.82, 2.24) is 4.90 Å². The van der Waals surface area contributed by atoms with Gasteiger partial charge >= 0.3 is 0 Å². The van der Waals surface area contributed by atoms with Crippen molar-refractivity contribution in [2.75, 3.05) is 13.1 Å². The maximum Gasteiger partial charge on any atom is 0.229 e. The van der Waals surface area contributed by atoms with Crippen LogP contribution in [-0.2, 0) is 11.2 Å². The summed E-state index contributed by atoms with van der Waals surface area (Å²) in [7, 11) is 0. The molecule has 2 N–H and O–H groups in total. The van der Waals surface area contributed by atoms with E-state index in [2.05, 4.69) is 11.8 Å². The fourth-order valence-electron chi connectivity index (χ4n) is 6.10. The number of hydrogen-bond donors (Lipinski definition) is 1. The van der Waals surface area contributed by atoms with Gasteiger partial charge in [0.15, 0.2) is 0 Å². The highest BCUT2D eigenvalue weighted by Gasteiger charge is 2.62. The Kier molecular flexibility index (Phi) is 10.5. The van der Waals surface area contributed by atoms with Crippen LogP contribution in [0.4, 0.5) is 4.39 Å². The van der Waals surface area contributed by atoms with E-state index < -0.39 is 27.0 Å². The van der Waals surface area contributed by atoms with Gasteiger partial charge in [-0.3, -0.25) is 9.69 Å². The Hall–Kier alpha value is -1.01. The van der Waals surface area contributed by atoms with E-state index in [1.807, 2.05) is 12.1 Å². The van der Waals surface area contributed by atoms with Gasteiger partial charge in [-0.1, -0.05) is 91.0 Å². The third-order valence-corrected chi connectivity index (χ3v) is 10.1. The number of carbonyl (C=O) groups is 1. The predicted octanol–water partition coefficient (Wildman–Crippen LogP) is 8.51. The van der Waals surface area contributed by atoms with Gasteiger partial charge in [0.2, 0.25) is 5.91 Å². The molecule has 2 aliphatic rings. The van der Waals surface area contributed by atoms with E-state index in [1.165, 1.54) is 6.07 Å². The molecule has 0 aromatic heterocycles. The molecule has 3 nitrogen and oxygen atoms in total. The molecule has 1 fully saturated rings. The van der Waals surface area contributed by atoms with Crippen LogP contribution in [0, 0.1) is 11.2 Å². The lowest BCUT2D eigenvalue weighted by atomic mass is 9.58. The van der Waals surface area contributed by atoms with Crippen molar-refractivity contribution in [2.24, 2.45) is 11.1 Å². The molecule has 9 heteroatoms. The van der Waals surface area contributed by atoms with E-state index in [0.717, 1.165) is 44.3 Å². The number of primary amides is 1. The van der Waals surface area contributed by atoms with Gasteiger partial charge in [-0.05, 0) is 55.0 Å². The van der Waals surface area contributed by atoms with Crippen molar-refractivity contribution in [3.05, 3.63) is 81.6 Å². The van der Waals surface area contributed by atoms with Crippen LogP contribution in [-0.4, -0.2) is 33.8 Å². The first kappa shape index (κ1) is 31.5. The monoisotopic (exact) mass is 620 g/mol. The second-order valence-electron chi connectivity index (χ2n) is 10.4. The minimum absolute atomic E-state index is 0. The van der Waals surface area contributed by atoms with Gasteiger partial charge < -0.3 is 5.73 Å². The Morgan fingerprint density at radius 2 is 1.74 bits per heavy atom. The van der Waals surface area contributed by atoms with Crippen molar-refractivity contribution >= 4 is 64.7 Å². The lowest BCUT2D eigenvalue weighted by Gasteiger charge is -2.56. The molecular formula is C29H34Cl5FN2O. The number of halogens is 6. The molecule has 0 spiro atoms. The summed E-state index contributed by atoms with van der Waals surface area (Å²) in [5.41, 5.74) is 6.02. The van der Waals surface area contributed by atoms with Crippen molar-refractivity contribution in [1.29, 1.82) is 0 Å². The van der Waals surface area contributed by atoms with E-state index in [4.69, 9.17) is 52.1 Å². The molecule has 0 radical (unpaired) electrons. The number of nitrogens with two attached hydrogens (primary N) is 1. The zero-order valence-corrected chi connectivity index (χ0v) is 25.2. The average Bonchev–Trinajstić information content (AvgIpc) is 2.87. The van der Waals surface area contributed by atoms with E-state index in [-0.39, 0.29) is 31.2 Å². The molecule has 2 aromatic rings. The summed E-state index contributed by atoms with van der Waals surface area (Å²) >= 11 is 27.9. The van der Waals surface area contributed by atoms with Crippen LogP contribution in [0.15, 0.2) is 54.6 Å². The van der Waals surface area contributed by atoms with E-state index >= 15 is 0 Å². The Bertz CT molecular complexity index is 1170. The molecule has 38 heavy (non-hydrogen) atoms. The molecule has 0 saturated carbocycles. The minimum atomic E-state index is -1.41. The number of benzene rings is 2. The number of rotatable bonds is 8.